The van der Waals surface area contributed by atoms with Crippen LogP contribution in [0.3, 0.4) is 0 Å². The van der Waals surface area contributed by atoms with Crippen LogP contribution in [0.2, 0.25) is 0 Å². The minimum absolute atomic E-state index is 0.277. The Morgan fingerprint density at radius 1 is 1.00 bits per heavy atom. The van der Waals surface area contributed by atoms with E-state index in [1.165, 1.54) is 12.8 Å². The van der Waals surface area contributed by atoms with Crippen LogP contribution in [0.25, 0.3) is 0 Å². The molecule has 25 heavy (non-hydrogen) atoms. The number of hydrogen-bond donors (Lipinski definition) is 1. The Kier molecular flexibility index (Phi) is 5.94. The van der Waals surface area contributed by atoms with E-state index in [-0.39, 0.29) is 6.10 Å². The molecule has 0 aromatic heterocycles. The first-order chi connectivity index (χ1) is 12.3. The average Bonchev–Trinajstić information content (AvgIpc) is 3.15. The van der Waals surface area contributed by atoms with Crippen molar-refractivity contribution in [1.82, 2.24) is 0 Å². The molecule has 0 amide bonds. The second-order valence-electron chi connectivity index (χ2n) is 6.51. The van der Waals surface area contributed by atoms with Crippen molar-refractivity contribution < 1.29 is 14.7 Å². The van der Waals surface area contributed by atoms with E-state index in [2.05, 4.69) is 5.16 Å². The highest BCUT2D eigenvalue weighted by molar-refractivity contribution is 5.88. The van der Waals surface area contributed by atoms with Crippen LogP contribution in [-0.2, 0) is 12.8 Å². The van der Waals surface area contributed by atoms with Crippen LogP contribution >= 0.6 is 0 Å². The van der Waals surface area contributed by atoms with E-state index >= 15 is 0 Å². The van der Waals surface area contributed by atoms with Gasteiger partial charge < -0.3 is 14.7 Å². The molecule has 0 spiro atoms. The Balaban J connectivity index is 1.72. The van der Waals surface area contributed by atoms with Crippen LogP contribution in [0.4, 0.5) is 0 Å². The molecule has 0 aliphatic heterocycles. The summed E-state index contributed by atoms with van der Waals surface area (Å²) in [4.78, 5) is 0. The predicted octanol–water partition coefficient (Wildman–Crippen LogP) is 4.63. The van der Waals surface area contributed by atoms with Gasteiger partial charge >= 0.3 is 0 Å². The highest BCUT2D eigenvalue weighted by Gasteiger charge is 2.19. The van der Waals surface area contributed by atoms with Gasteiger partial charge in [0.15, 0.2) is 11.5 Å². The molecule has 132 valence electrons. The Labute approximate surface area is 149 Å². The number of oxime groups is 1. The van der Waals surface area contributed by atoms with Crippen molar-refractivity contribution in [3.05, 3.63) is 59.7 Å². The molecule has 1 N–H and O–H groups in total. The van der Waals surface area contributed by atoms with Gasteiger partial charge in [-0.1, -0.05) is 41.6 Å². The number of nitrogens with zero attached hydrogens (tertiary/aromatic N) is 1. The fourth-order valence-corrected chi connectivity index (χ4v) is 3.31. The largest absolute Gasteiger partial charge is 0.493 e. The number of benzene rings is 2. The Morgan fingerprint density at radius 3 is 2.40 bits per heavy atom. The minimum Gasteiger partial charge on any atom is -0.493 e. The molecule has 0 bridgehead atoms. The van der Waals surface area contributed by atoms with Gasteiger partial charge in [0, 0.05) is 12.8 Å². The van der Waals surface area contributed by atoms with Crippen molar-refractivity contribution in [3.63, 3.8) is 0 Å². The summed E-state index contributed by atoms with van der Waals surface area (Å²) in [5, 5.41) is 12.9. The molecule has 0 radical (unpaired) electrons. The van der Waals surface area contributed by atoms with E-state index in [1.807, 2.05) is 48.5 Å². The molecule has 1 fully saturated rings. The number of methoxy groups -OCH3 is 1. The van der Waals surface area contributed by atoms with E-state index < -0.39 is 0 Å². The van der Waals surface area contributed by atoms with E-state index in [0.29, 0.717) is 12.8 Å². The van der Waals surface area contributed by atoms with E-state index in [0.717, 1.165) is 41.2 Å². The van der Waals surface area contributed by atoms with Gasteiger partial charge in [-0.3, -0.25) is 0 Å². The lowest BCUT2D eigenvalue weighted by Crippen LogP contribution is -2.12. The second kappa shape index (κ2) is 8.56. The molecule has 0 saturated heterocycles. The highest BCUT2D eigenvalue weighted by Crippen LogP contribution is 2.32. The minimum atomic E-state index is 0.277. The van der Waals surface area contributed by atoms with Crippen molar-refractivity contribution in [3.8, 4) is 11.5 Å². The Hall–Kier alpha value is -2.49. The summed E-state index contributed by atoms with van der Waals surface area (Å²) < 4.78 is 11.6. The lowest BCUT2D eigenvalue weighted by molar-refractivity contribution is 0.200. The molecule has 3 rings (SSSR count). The van der Waals surface area contributed by atoms with Crippen LogP contribution in [0, 0.1) is 0 Å². The van der Waals surface area contributed by atoms with Crippen molar-refractivity contribution in [1.29, 1.82) is 0 Å². The number of ether oxygens (including phenoxy) is 2. The van der Waals surface area contributed by atoms with Gasteiger partial charge in [-0.25, -0.2) is 0 Å². The van der Waals surface area contributed by atoms with Gasteiger partial charge in [0.05, 0.1) is 18.9 Å². The predicted molar refractivity (Wildman–Crippen MR) is 98.9 cm³/mol. The van der Waals surface area contributed by atoms with Gasteiger partial charge in [0.2, 0.25) is 0 Å². The molecule has 0 atom stereocenters. The van der Waals surface area contributed by atoms with Crippen molar-refractivity contribution in [2.24, 2.45) is 5.16 Å². The molecule has 0 unspecified atom stereocenters. The number of rotatable bonds is 7. The van der Waals surface area contributed by atoms with Crippen LogP contribution < -0.4 is 9.47 Å². The quantitative estimate of drug-likeness (QED) is 0.454. The summed E-state index contributed by atoms with van der Waals surface area (Å²) in [6.45, 7) is 0. The van der Waals surface area contributed by atoms with Crippen molar-refractivity contribution in [2.75, 3.05) is 7.11 Å². The Bertz CT molecular complexity index is 706. The maximum atomic E-state index is 9.38. The lowest BCUT2D eigenvalue weighted by Gasteiger charge is -2.17. The summed E-state index contributed by atoms with van der Waals surface area (Å²) in [5.41, 5.74) is 2.91. The maximum Gasteiger partial charge on any atom is 0.161 e. The van der Waals surface area contributed by atoms with Gasteiger partial charge in [-0.15, -0.1) is 0 Å². The topological polar surface area (TPSA) is 51.0 Å². The van der Waals surface area contributed by atoms with Crippen LogP contribution in [0.1, 0.15) is 36.8 Å². The molecule has 0 heterocycles. The third kappa shape index (κ3) is 4.75. The molecule has 1 aliphatic carbocycles. The molecule has 2 aromatic rings. The zero-order valence-electron chi connectivity index (χ0n) is 14.6. The third-order valence-electron chi connectivity index (χ3n) is 4.62. The standard InChI is InChI=1S/C21H25NO3/c1-24-20-12-11-17(15-21(20)25-19-9-5-6-10-19)14-18(22-23)13-16-7-3-2-4-8-16/h2-4,7-8,11-12,15,19,23H,5-6,9-10,13-14H2,1H3/b22-18-. The van der Waals surface area contributed by atoms with E-state index in [9.17, 15) is 5.21 Å². The second-order valence-corrected chi connectivity index (χ2v) is 6.51. The maximum absolute atomic E-state index is 9.38. The van der Waals surface area contributed by atoms with Gasteiger partial charge in [-0.2, -0.15) is 0 Å². The zero-order chi connectivity index (χ0) is 17.5. The summed E-state index contributed by atoms with van der Waals surface area (Å²) in [5.74, 6) is 1.53. The number of hydrogen-bond acceptors (Lipinski definition) is 4. The monoisotopic (exact) mass is 339 g/mol. The summed E-state index contributed by atoms with van der Waals surface area (Å²) >= 11 is 0. The molecular weight excluding hydrogens is 314 g/mol. The molecule has 4 nitrogen and oxygen atoms in total. The highest BCUT2D eigenvalue weighted by atomic mass is 16.5. The smallest absolute Gasteiger partial charge is 0.161 e. The van der Waals surface area contributed by atoms with Crippen LogP contribution in [0.5, 0.6) is 11.5 Å². The van der Waals surface area contributed by atoms with Crippen LogP contribution in [0.15, 0.2) is 53.7 Å². The first kappa shape index (κ1) is 17.3. The van der Waals surface area contributed by atoms with Crippen LogP contribution in [-0.4, -0.2) is 24.1 Å². The summed E-state index contributed by atoms with van der Waals surface area (Å²) in [7, 11) is 1.66. The molecule has 1 saturated carbocycles. The van der Waals surface area contributed by atoms with Crippen molar-refractivity contribution >= 4 is 5.71 Å². The van der Waals surface area contributed by atoms with Gasteiger partial charge in [-0.05, 0) is 48.9 Å². The zero-order valence-corrected chi connectivity index (χ0v) is 14.6. The average molecular weight is 339 g/mol. The summed E-state index contributed by atoms with van der Waals surface area (Å²) in [6.07, 6.45) is 6.14. The van der Waals surface area contributed by atoms with Gasteiger partial charge in [0.1, 0.15) is 0 Å². The molecular formula is C21H25NO3. The summed E-state index contributed by atoms with van der Waals surface area (Å²) in [6, 6.07) is 16.0. The lowest BCUT2D eigenvalue weighted by atomic mass is 10.0. The molecule has 1 aliphatic rings. The first-order valence-corrected chi connectivity index (χ1v) is 8.86. The van der Waals surface area contributed by atoms with Gasteiger partial charge in [0.25, 0.3) is 0 Å². The first-order valence-electron chi connectivity index (χ1n) is 8.86. The molecule has 4 heteroatoms. The third-order valence-corrected chi connectivity index (χ3v) is 4.62. The van der Waals surface area contributed by atoms with Crippen molar-refractivity contribution in [2.45, 2.75) is 44.6 Å². The van der Waals surface area contributed by atoms with E-state index in [4.69, 9.17) is 9.47 Å². The molecule has 2 aromatic carbocycles. The fourth-order valence-electron chi connectivity index (χ4n) is 3.31. The van der Waals surface area contributed by atoms with E-state index in [1.54, 1.807) is 7.11 Å². The SMILES string of the molecule is COc1ccc(C/C(Cc2ccccc2)=N\O)cc1OC1CCCC1. The fraction of sp³-hybridized carbons (Fsp3) is 0.381. The normalized spacial score (nSPS) is 15.3. The Morgan fingerprint density at radius 2 is 1.72 bits per heavy atom.